The van der Waals surface area contributed by atoms with Gasteiger partial charge in [0.25, 0.3) is 0 Å². The summed E-state index contributed by atoms with van der Waals surface area (Å²) in [7, 11) is 0. The number of fused-ring (bicyclic) bond motifs is 1. The molecular formula is C9H6MnO4Zn. The van der Waals surface area contributed by atoms with E-state index in [1.54, 1.807) is 6.07 Å². The molecule has 0 atom stereocenters. The molecule has 0 amide bonds. The maximum atomic E-state index is 10.8. The van der Waals surface area contributed by atoms with Gasteiger partial charge in [0.05, 0.1) is 0 Å². The maximum Gasteiger partial charge on any atom is 0.336 e. The van der Waals surface area contributed by atoms with E-state index in [0.29, 0.717) is 5.39 Å². The molecule has 0 bridgehead atoms. The standard InChI is InChI=1S/C9H6O4.Mn.Zn/c10-6-3-1-5-2-4-7(11)13-9(5)8(6)12;;/h1-4,10,12H;;. The summed E-state index contributed by atoms with van der Waals surface area (Å²) in [5.74, 6) is -0.711. The van der Waals surface area contributed by atoms with Gasteiger partial charge in [0.1, 0.15) is 0 Å². The van der Waals surface area contributed by atoms with Gasteiger partial charge in [0, 0.05) is 48.0 Å². The molecule has 2 rings (SSSR count). The molecule has 0 aliphatic rings. The van der Waals surface area contributed by atoms with Gasteiger partial charge < -0.3 is 14.6 Å². The Hall–Kier alpha value is -0.827. The van der Waals surface area contributed by atoms with Crippen LogP contribution in [0.25, 0.3) is 11.0 Å². The van der Waals surface area contributed by atoms with Gasteiger partial charge in [-0.3, -0.25) is 0 Å². The molecule has 0 unspecified atom stereocenters. The molecule has 0 saturated heterocycles. The van der Waals surface area contributed by atoms with Crippen molar-refractivity contribution in [2.75, 3.05) is 0 Å². The third-order valence-corrected chi connectivity index (χ3v) is 1.74. The first kappa shape index (κ1) is 14.2. The number of phenols is 2. The van der Waals surface area contributed by atoms with Crippen LogP contribution in [-0.2, 0) is 36.5 Å². The Bertz CT molecular complexity index is 523. The molecule has 0 aliphatic carbocycles. The summed E-state index contributed by atoms with van der Waals surface area (Å²) in [6.07, 6.45) is 0. The van der Waals surface area contributed by atoms with E-state index in [0.717, 1.165) is 0 Å². The van der Waals surface area contributed by atoms with Crippen molar-refractivity contribution in [1.29, 1.82) is 0 Å². The van der Waals surface area contributed by atoms with Crippen LogP contribution in [0.15, 0.2) is 33.5 Å². The van der Waals surface area contributed by atoms with Gasteiger partial charge in [-0.1, -0.05) is 0 Å². The van der Waals surface area contributed by atoms with Gasteiger partial charge in [-0.25, -0.2) is 4.79 Å². The van der Waals surface area contributed by atoms with E-state index in [4.69, 9.17) is 9.52 Å². The molecule has 1 aromatic carbocycles. The van der Waals surface area contributed by atoms with E-state index >= 15 is 0 Å². The summed E-state index contributed by atoms with van der Waals surface area (Å²) in [6, 6.07) is 5.64. The largest absolute Gasteiger partial charge is 0.504 e. The molecule has 0 aliphatic heterocycles. The second kappa shape index (κ2) is 5.31. The third kappa shape index (κ3) is 2.60. The Labute approximate surface area is 108 Å². The predicted octanol–water partition coefficient (Wildman–Crippen LogP) is 1.20. The summed E-state index contributed by atoms with van der Waals surface area (Å²) < 4.78 is 4.71. The van der Waals surface area contributed by atoms with Crippen LogP contribution in [-0.4, -0.2) is 10.2 Å². The zero-order chi connectivity index (χ0) is 9.42. The third-order valence-electron chi connectivity index (χ3n) is 1.74. The average molecular weight is 298 g/mol. The minimum Gasteiger partial charge on any atom is -0.504 e. The van der Waals surface area contributed by atoms with Crippen molar-refractivity contribution in [3.63, 3.8) is 0 Å². The fraction of sp³-hybridized carbons (Fsp3) is 0. The van der Waals surface area contributed by atoms with Crippen molar-refractivity contribution in [2.45, 2.75) is 0 Å². The summed E-state index contributed by atoms with van der Waals surface area (Å²) in [4.78, 5) is 10.8. The number of phenolic OH excluding ortho intramolecular Hbond substituents is 2. The Balaban J connectivity index is 0.000000980. The fourth-order valence-corrected chi connectivity index (χ4v) is 1.11. The number of hydrogen-bond acceptors (Lipinski definition) is 4. The normalized spacial score (nSPS) is 9.07. The van der Waals surface area contributed by atoms with E-state index in [-0.39, 0.29) is 47.9 Å². The van der Waals surface area contributed by atoms with Crippen molar-refractivity contribution >= 4 is 11.0 Å². The quantitative estimate of drug-likeness (QED) is 0.435. The molecule has 1 radical (unpaired) electrons. The van der Waals surface area contributed by atoms with Crippen molar-refractivity contribution in [1.82, 2.24) is 0 Å². The second-order valence-corrected chi connectivity index (χ2v) is 2.61. The van der Waals surface area contributed by atoms with Crippen LogP contribution in [0.2, 0.25) is 0 Å². The Morgan fingerprint density at radius 1 is 1.07 bits per heavy atom. The van der Waals surface area contributed by atoms with E-state index in [1.807, 2.05) is 0 Å². The maximum absolute atomic E-state index is 10.8. The number of aromatic hydroxyl groups is 2. The van der Waals surface area contributed by atoms with Crippen LogP contribution in [0.5, 0.6) is 11.5 Å². The SMILES string of the molecule is O=c1ccc2ccc(O)c(O)c2o1.[Mn].[Zn]. The van der Waals surface area contributed by atoms with Crippen LogP contribution in [0.1, 0.15) is 0 Å². The van der Waals surface area contributed by atoms with Crippen LogP contribution >= 0.6 is 0 Å². The monoisotopic (exact) mass is 297 g/mol. The van der Waals surface area contributed by atoms with Crippen LogP contribution in [0.3, 0.4) is 0 Å². The molecule has 75 valence electrons. The summed E-state index contributed by atoms with van der Waals surface area (Å²) in [5, 5.41) is 19.0. The fourth-order valence-electron chi connectivity index (χ4n) is 1.11. The smallest absolute Gasteiger partial charge is 0.336 e. The number of hydrogen-bond donors (Lipinski definition) is 2. The van der Waals surface area contributed by atoms with Crippen molar-refractivity contribution < 1.29 is 51.2 Å². The Morgan fingerprint density at radius 2 is 1.67 bits per heavy atom. The molecule has 1 aromatic heterocycles. The molecular weight excluding hydrogens is 292 g/mol. The van der Waals surface area contributed by atoms with Crippen molar-refractivity contribution in [2.24, 2.45) is 0 Å². The molecule has 0 spiro atoms. The predicted molar refractivity (Wildman–Crippen MR) is 45.8 cm³/mol. The first-order chi connectivity index (χ1) is 6.18. The molecule has 2 N–H and O–H groups in total. The summed E-state index contributed by atoms with van der Waals surface area (Å²) in [5.41, 5.74) is -0.555. The molecule has 0 fully saturated rings. The Kier molecular flexibility index (Phi) is 5.02. The zero-order valence-electron chi connectivity index (χ0n) is 7.61. The van der Waals surface area contributed by atoms with Crippen LogP contribution < -0.4 is 5.63 Å². The van der Waals surface area contributed by atoms with E-state index in [2.05, 4.69) is 0 Å². The first-order valence-corrected chi connectivity index (χ1v) is 3.63. The van der Waals surface area contributed by atoms with Gasteiger partial charge in [0.15, 0.2) is 11.3 Å². The summed E-state index contributed by atoms with van der Waals surface area (Å²) in [6.45, 7) is 0. The van der Waals surface area contributed by atoms with Crippen molar-refractivity contribution in [3.8, 4) is 11.5 Å². The molecule has 6 heteroatoms. The Morgan fingerprint density at radius 3 is 2.33 bits per heavy atom. The zero-order valence-corrected chi connectivity index (χ0v) is 11.8. The van der Waals surface area contributed by atoms with Gasteiger partial charge in [-0.2, -0.15) is 0 Å². The first-order valence-electron chi connectivity index (χ1n) is 3.63. The second-order valence-electron chi connectivity index (χ2n) is 2.61. The van der Waals surface area contributed by atoms with E-state index in [9.17, 15) is 9.90 Å². The molecule has 15 heavy (non-hydrogen) atoms. The van der Waals surface area contributed by atoms with E-state index in [1.165, 1.54) is 18.2 Å². The van der Waals surface area contributed by atoms with Gasteiger partial charge in [-0.15, -0.1) is 0 Å². The van der Waals surface area contributed by atoms with Gasteiger partial charge >= 0.3 is 5.63 Å². The van der Waals surface area contributed by atoms with Gasteiger partial charge in [0.2, 0.25) is 5.75 Å². The topological polar surface area (TPSA) is 70.7 Å². The minimum atomic E-state index is -0.562. The van der Waals surface area contributed by atoms with Crippen molar-refractivity contribution in [3.05, 3.63) is 34.7 Å². The number of benzene rings is 1. The van der Waals surface area contributed by atoms with Crippen LogP contribution in [0, 0.1) is 0 Å². The minimum absolute atomic E-state index is 0. The van der Waals surface area contributed by atoms with E-state index < -0.39 is 11.4 Å². The molecule has 2 aromatic rings. The molecule has 1 heterocycles. The summed E-state index contributed by atoms with van der Waals surface area (Å²) >= 11 is 0. The average Bonchev–Trinajstić information content (AvgIpc) is 2.12. The van der Waals surface area contributed by atoms with Gasteiger partial charge in [-0.05, 0) is 18.2 Å². The molecule has 4 nitrogen and oxygen atoms in total. The number of rotatable bonds is 0. The molecule has 0 saturated carbocycles. The van der Waals surface area contributed by atoms with Crippen LogP contribution in [0.4, 0.5) is 0 Å².